The third kappa shape index (κ3) is 1.20. The van der Waals surface area contributed by atoms with Crippen molar-refractivity contribution in [3.8, 4) is 0 Å². The van der Waals surface area contributed by atoms with Crippen molar-refractivity contribution < 1.29 is 4.79 Å². The lowest BCUT2D eigenvalue weighted by Crippen LogP contribution is -1.96. The van der Waals surface area contributed by atoms with Gasteiger partial charge in [0.25, 0.3) is 0 Å². The SMILES string of the molecule is CCc1nc2cccc(C=O)n2n1. The van der Waals surface area contributed by atoms with Gasteiger partial charge in [-0.05, 0) is 12.1 Å². The second-order valence-electron chi connectivity index (χ2n) is 2.72. The van der Waals surface area contributed by atoms with Crippen molar-refractivity contribution in [2.45, 2.75) is 13.3 Å². The first kappa shape index (κ1) is 7.91. The Morgan fingerprint density at radius 1 is 1.54 bits per heavy atom. The van der Waals surface area contributed by atoms with Gasteiger partial charge in [-0.1, -0.05) is 13.0 Å². The standard InChI is InChI=1S/C9H9N3O/c1-2-8-10-9-5-3-4-7(6-13)12(9)11-8/h3-6H,2H2,1H3. The van der Waals surface area contributed by atoms with Crippen LogP contribution in [0.25, 0.3) is 5.65 Å². The number of carbonyl (C=O) groups excluding carboxylic acids is 1. The number of hydrogen-bond acceptors (Lipinski definition) is 3. The first-order valence-corrected chi connectivity index (χ1v) is 4.15. The average Bonchev–Trinajstić information content (AvgIpc) is 2.59. The molecule has 0 aromatic carbocycles. The quantitative estimate of drug-likeness (QED) is 0.642. The molecule has 2 rings (SSSR count). The molecule has 0 atom stereocenters. The van der Waals surface area contributed by atoms with Crippen LogP contribution in [0, 0.1) is 0 Å². The van der Waals surface area contributed by atoms with Crippen LogP contribution in [0.5, 0.6) is 0 Å². The van der Waals surface area contributed by atoms with Crippen molar-refractivity contribution in [3.63, 3.8) is 0 Å². The predicted octanol–water partition coefficient (Wildman–Crippen LogP) is 1.10. The molecule has 4 heteroatoms. The molecule has 2 aromatic heterocycles. The molecule has 66 valence electrons. The normalized spacial score (nSPS) is 10.5. The van der Waals surface area contributed by atoms with Crippen LogP contribution >= 0.6 is 0 Å². The fourth-order valence-electron chi connectivity index (χ4n) is 1.21. The highest BCUT2D eigenvalue weighted by Gasteiger charge is 2.03. The van der Waals surface area contributed by atoms with E-state index in [9.17, 15) is 4.79 Å². The van der Waals surface area contributed by atoms with Crippen molar-refractivity contribution in [1.29, 1.82) is 0 Å². The number of aromatic nitrogens is 3. The monoisotopic (exact) mass is 175 g/mol. The van der Waals surface area contributed by atoms with Crippen molar-refractivity contribution in [1.82, 2.24) is 14.6 Å². The first-order valence-electron chi connectivity index (χ1n) is 4.15. The maximum absolute atomic E-state index is 10.6. The lowest BCUT2D eigenvalue weighted by molar-refractivity contribution is 0.111. The minimum atomic E-state index is 0.532. The molecule has 0 fully saturated rings. The summed E-state index contributed by atoms with van der Waals surface area (Å²) in [6, 6.07) is 5.35. The van der Waals surface area contributed by atoms with Gasteiger partial charge in [-0.3, -0.25) is 4.79 Å². The van der Waals surface area contributed by atoms with Crippen LogP contribution in [0.3, 0.4) is 0 Å². The summed E-state index contributed by atoms with van der Waals surface area (Å²) in [5.41, 5.74) is 1.26. The predicted molar refractivity (Wildman–Crippen MR) is 47.8 cm³/mol. The highest BCUT2D eigenvalue weighted by molar-refractivity contribution is 5.73. The van der Waals surface area contributed by atoms with E-state index in [0.717, 1.165) is 24.2 Å². The second-order valence-corrected chi connectivity index (χ2v) is 2.72. The summed E-state index contributed by atoms with van der Waals surface area (Å²) >= 11 is 0. The molecule has 0 aliphatic heterocycles. The van der Waals surface area contributed by atoms with Gasteiger partial charge >= 0.3 is 0 Å². The molecule has 0 aliphatic carbocycles. The minimum absolute atomic E-state index is 0.532. The van der Waals surface area contributed by atoms with Crippen LogP contribution in [0.15, 0.2) is 18.2 Å². The van der Waals surface area contributed by atoms with Crippen LogP contribution in [0.1, 0.15) is 23.2 Å². The Bertz CT molecular complexity index is 447. The molecular weight excluding hydrogens is 166 g/mol. The molecule has 0 saturated carbocycles. The van der Waals surface area contributed by atoms with Gasteiger partial charge in [0.2, 0.25) is 0 Å². The van der Waals surface area contributed by atoms with Crippen molar-refractivity contribution in [2.75, 3.05) is 0 Å². The van der Waals surface area contributed by atoms with Gasteiger partial charge in [-0.15, -0.1) is 0 Å². The molecule has 0 N–H and O–H groups in total. The fourth-order valence-corrected chi connectivity index (χ4v) is 1.21. The van der Waals surface area contributed by atoms with Crippen LogP contribution in [-0.2, 0) is 6.42 Å². The Morgan fingerprint density at radius 2 is 2.38 bits per heavy atom. The molecule has 2 heterocycles. The molecule has 0 unspecified atom stereocenters. The first-order chi connectivity index (χ1) is 6.35. The van der Waals surface area contributed by atoms with E-state index in [1.165, 1.54) is 0 Å². The molecular formula is C9H9N3O. The number of aldehydes is 1. The summed E-state index contributed by atoms with van der Waals surface area (Å²) < 4.78 is 1.56. The number of nitrogens with zero attached hydrogens (tertiary/aromatic N) is 3. The maximum atomic E-state index is 10.6. The summed E-state index contributed by atoms with van der Waals surface area (Å²) in [6.07, 6.45) is 1.56. The molecule has 13 heavy (non-hydrogen) atoms. The van der Waals surface area contributed by atoms with Crippen LogP contribution in [0.2, 0.25) is 0 Å². The summed E-state index contributed by atoms with van der Waals surface area (Å²) in [5, 5.41) is 4.18. The van der Waals surface area contributed by atoms with Gasteiger partial charge in [0, 0.05) is 6.42 Å². The number of fused-ring (bicyclic) bond motifs is 1. The van der Waals surface area contributed by atoms with Crippen molar-refractivity contribution in [2.24, 2.45) is 0 Å². The van der Waals surface area contributed by atoms with E-state index in [1.807, 2.05) is 13.0 Å². The fraction of sp³-hybridized carbons (Fsp3) is 0.222. The number of rotatable bonds is 2. The van der Waals surface area contributed by atoms with E-state index in [2.05, 4.69) is 10.1 Å². The highest BCUT2D eigenvalue weighted by atomic mass is 16.1. The van der Waals surface area contributed by atoms with E-state index in [4.69, 9.17) is 0 Å². The minimum Gasteiger partial charge on any atom is -0.296 e. The third-order valence-electron chi connectivity index (χ3n) is 1.87. The summed E-state index contributed by atoms with van der Waals surface area (Å²) in [5.74, 6) is 0.759. The lowest BCUT2D eigenvalue weighted by Gasteiger charge is -1.92. The number of hydrogen-bond donors (Lipinski definition) is 0. The van der Waals surface area contributed by atoms with Crippen LogP contribution in [-0.4, -0.2) is 20.9 Å². The molecule has 0 spiro atoms. The second kappa shape index (κ2) is 2.97. The third-order valence-corrected chi connectivity index (χ3v) is 1.87. The Hall–Kier alpha value is -1.71. The van der Waals surface area contributed by atoms with Gasteiger partial charge in [0.1, 0.15) is 5.69 Å². The van der Waals surface area contributed by atoms with E-state index in [1.54, 1.807) is 16.6 Å². The number of aryl methyl sites for hydroxylation is 1. The van der Waals surface area contributed by atoms with E-state index >= 15 is 0 Å². The molecule has 0 radical (unpaired) electrons. The lowest BCUT2D eigenvalue weighted by atomic mass is 10.4. The maximum Gasteiger partial charge on any atom is 0.168 e. The highest BCUT2D eigenvalue weighted by Crippen LogP contribution is 2.04. The van der Waals surface area contributed by atoms with Crippen molar-refractivity contribution in [3.05, 3.63) is 29.7 Å². The zero-order chi connectivity index (χ0) is 9.26. The largest absolute Gasteiger partial charge is 0.296 e. The summed E-state index contributed by atoms with van der Waals surface area (Å²) in [7, 11) is 0. The van der Waals surface area contributed by atoms with Crippen molar-refractivity contribution >= 4 is 11.9 Å². The van der Waals surface area contributed by atoms with Gasteiger partial charge < -0.3 is 0 Å². The molecule has 0 bridgehead atoms. The van der Waals surface area contributed by atoms with Gasteiger partial charge in [-0.2, -0.15) is 5.10 Å². The number of carbonyl (C=O) groups is 1. The molecule has 2 aromatic rings. The van der Waals surface area contributed by atoms with E-state index in [0.29, 0.717) is 5.69 Å². The van der Waals surface area contributed by atoms with E-state index in [-0.39, 0.29) is 0 Å². The Labute approximate surface area is 75.2 Å². The molecule has 0 saturated heterocycles. The van der Waals surface area contributed by atoms with Gasteiger partial charge in [-0.25, -0.2) is 9.50 Å². The molecule has 0 amide bonds. The Kier molecular flexibility index (Phi) is 1.81. The smallest absolute Gasteiger partial charge is 0.168 e. The summed E-state index contributed by atoms with van der Waals surface area (Å²) in [6.45, 7) is 1.98. The average molecular weight is 175 g/mol. The van der Waals surface area contributed by atoms with E-state index < -0.39 is 0 Å². The molecule has 0 aliphatic rings. The summed E-state index contributed by atoms with van der Waals surface area (Å²) in [4.78, 5) is 14.9. The topological polar surface area (TPSA) is 47.3 Å². The Morgan fingerprint density at radius 3 is 3.08 bits per heavy atom. The number of pyridine rings is 1. The van der Waals surface area contributed by atoms with Crippen LogP contribution < -0.4 is 0 Å². The van der Waals surface area contributed by atoms with Crippen LogP contribution in [0.4, 0.5) is 0 Å². The zero-order valence-corrected chi connectivity index (χ0v) is 7.27. The Balaban J connectivity index is 2.74. The molecule has 4 nitrogen and oxygen atoms in total. The van der Waals surface area contributed by atoms with Gasteiger partial charge in [0.15, 0.2) is 17.8 Å². The zero-order valence-electron chi connectivity index (χ0n) is 7.27. The van der Waals surface area contributed by atoms with Gasteiger partial charge in [0.05, 0.1) is 0 Å².